The van der Waals surface area contributed by atoms with E-state index in [4.69, 9.17) is 14.0 Å². The van der Waals surface area contributed by atoms with Crippen LogP contribution >= 0.6 is 11.3 Å². The van der Waals surface area contributed by atoms with Crippen molar-refractivity contribution in [2.24, 2.45) is 0 Å². The van der Waals surface area contributed by atoms with Crippen molar-refractivity contribution in [1.29, 1.82) is 0 Å². The summed E-state index contributed by atoms with van der Waals surface area (Å²) in [5, 5.41) is 8.16. The van der Waals surface area contributed by atoms with Gasteiger partial charge in [-0.3, -0.25) is 0 Å². The van der Waals surface area contributed by atoms with E-state index in [1.54, 1.807) is 11.3 Å². The van der Waals surface area contributed by atoms with Gasteiger partial charge in [0.15, 0.2) is 0 Å². The quantitative estimate of drug-likeness (QED) is 0.285. The summed E-state index contributed by atoms with van der Waals surface area (Å²) in [4.78, 5) is 5.59. The van der Waals surface area contributed by atoms with Gasteiger partial charge in [0.05, 0.1) is 5.69 Å². The van der Waals surface area contributed by atoms with Crippen LogP contribution < -0.4 is 14.8 Å². The highest BCUT2D eigenvalue weighted by molar-refractivity contribution is 7.13. The Bertz CT molecular complexity index is 1220. The van der Waals surface area contributed by atoms with Crippen LogP contribution in [0.1, 0.15) is 52.0 Å². The number of benzene rings is 2. The molecule has 7 heteroatoms. The summed E-state index contributed by atoms with van der Waals surface area (Å²) < 4.78 is 17.5. The van der Waals surface area contributed by atoms with Gasteiger partial charge in [-0.1, -0.05) is 46.8 Å². The Balaban J connectivity index is 1.10. The van der Waals surface area contributed by atoms with Crippen LogP contribution in [0.15, 0.2) is 59.3 Å². The zero-order chi connectivity index (χ0) is 23.3. The average Bonchev–Trinajstić information content (AvgIpc) is 3.44. The van der Waals surface area contributed by atoms with E-state index < -0.39 is 0 Å². The number of hydrogen-bond acceptors (Lipinski definition) is 7. The molecule has 2 aromatic heterocycles. The summed E-state index contributed by atoms with van der Waals surface area (Å²) in [6.07, 6.45) is 5.93. The van der Waals surface area contributed by atoms with Crippen LogP contribution in [0.2, 0.25) is 0 Å². The van der Waals surface area contributed by atoms with Crippen molar-refractivity contribution >= 4 is 11.3 Å². The molecule has 0 saturated carbocycles. The van der Waals surface area contributed by atoms with Crippen molar-refractivity contribution in [3.05, 3.63) is 87.7 Å². The van der Waals surface area contributed by atoms with E-state index in [1.165, 1.54) is 16.7 Å². The van der Waals surface area contributed by atoms with Crippen molar-refractivity contribution in [3.63, 3.8) is 0 Å². The fraction of sp³-hybridized carbons (Fsp3) is 0.333. The van der Waals surface area contributed by atoms with Gasteiger partial charge < -0.3 is 19.3 Å². The molecule has 0 radical (unpaired) electrons. The van der Waals surface area contributed by atoms with Crippen molar-refractivity contribution < 1.29 is 14.0 Å². The Hall–Kier alpha value is -3.16. The van der Waals surface area contributed by atoms with E-state index in [9.17, 15) is 0 Å². The highest BCUT2D eigenvalue weighted by atomic mass is 32.1. The Labute approximate surface area is 203 Å². The van der Waals surface area contributed by atoms with E-state index >= 15 is 0 Å². The van der Waals surface area contributed by atoms with E-state index in [-0.39, 0.29) is 6.10 Å². The molecule has 34 heavy (non-hydrogen) atoms. The second-order valence-electron chi connectivity index (χ2n) is 8.60. The number of nitrogens with zero attached hydrogens (tertiary/aromatic N) is 2. The molecule has 5 rings (SSSR count). The van der Waals surface area contributed by atoms with Gasteiger partial charge in [0.2, 0.25) is 0 Å². The minimum absolute atomic E-state index is 0.110. The summed E-state index contributed by atoms with van der Waals surface area (Å²) in [7, 11) is 0. The fourth-order valence-electron chi connectivity index (χ4n) is 4.31. The number of aryl methyl sites for hydroxylation is 3. The zero-order valence-corrected chi connectivity index (χ0v) is 20.4. The van der Waals surface area contributed by atoms with E-state index in [1.807, 2.05) is 38.2 Å². The van der Waals surface area contributed by atoms with Crippen LogP contribution in [-0.2, 0) is 19.4 Å². The third-order valence-electron chi connectivity index (χ3n) is 6.15. The van der Waals surface area contributed by atoms with Crippen LogP contribution in [0.3, 0.4) is 0 Å². The van der Waals surface area contributed by atoms with Gasteiger partial charge in [0.25, 0.3) is 5.19 Å². The first-order chi connectivity index (χ1) is 16.7. The summed E-state index contributed by atoms with van der Waals surface area (Å²) in [5.74, 6) is 2.66. The number of rotatable bonds is 9. The number of hydrogen-bond donors (Lipinski definition) is 1. The minimum atomic E-state index is 0.110. The smallest absolute Gasteiger partial charge is 0.278 e. The summed E-state index contributed by atoms with van der Waals surface area (Å²) in [6.45, 7) is 5.67. The topological polar surface area (TPSA) is 69.4 Å². The molecule has 0 saturated heterocycles. The molecular formula is C27H29N3O3S. The largest absolute Gasteiger partial charge is 0.485 e. The molecule has 2 aromatic carbocycles. The predicted molar refractivity (Wildman–Crippen MR) is 133 cm³/mol. The maximum Gasteiger partial charge on any atom is 0.278 e. The van der Waals surface area contributed by atoms with Crippen LogP contribution in [0.5, 0.6) is 16.7 Å². The third kappa shape index (κ3) is 5.32. The van der Waals surface area contributed by atoms with Crippen LogP contribution in [-0.4, -0.2) is 16.7 Å². The molecule has 1 aliphatic heterocycles. The SMILES string of the molecule is Cc1noc(C)c1CCCNCc1cnc(Oc2ccc3c(c2)CCC(c2ccccc2)O3)s1. The van der Waals surface area contributed by atoms with Gasteiger partial charge in [0.1, 0.15) is 23.4 Å². The standard InChI is InChI=1S/C27H29N3O3S/c1-18-24(19(2)33-30-18)9-6-14-28-16-23-17-29-27(34-23)31-22-11-13-26-21(15-22)10-12-25(32-26)20-7-4-3-5-8-20/h3-5,7-8,11,13,15,17,25,28H,6,9-10,12,14,16H2,1-2H3. The molecule has 3 heterocycles. The van der Waals surface area contributed by atoms with Gasteiger partial charge in [-0.15, -0.1) is 0 Å². The number of aromatic nitrogens is 2. The second-order valence-corrected chi connectivity index (χ2v) is 9.68. The number of nitrogens with one attached hydrogen (secondary N) is 1. The average molecular weight is 476 g/mol. The van der Waals surface area contributed by atoms with Crippen molar-refractivity contribution in [3.8, 4) is 16.7 Å². The van der Waals surface area contributed by atoms with Gasteiger partial charge >= 0.3 is 0 Å². The molecule has 0 bridgehead atoms. The van der Waals surface area contributed by atoms with Crippen LogP contribution in [0.4, 0.5) is 0 Å². The molecule has 1 N–H and O–H groups in total. The lowest BCUT2D eigenvalue weighted by atomic mass is 9.97. The first-order valence-electron chi connectivity index (χ1n) is 11.8. The molecule has 0 aliphatic carbocycles. The predicted octanol–water partition coefficient (Wildman–Crippen LogP) is 6.33. The zero-order valence-electron chi connectivity index (χ0n) is 19.5. The van der Waals surface area contributed by atoms with Crippen molar-refractivity contribution in [1.82, 2.24) is 15.5 Å². The van der Waals surface area contributed by atoms with E-state index in [0.717, 1.165) is 66.6 Å². The second kappa shape index (κ2) is 10.4. The summed E-state index contributed by atoms with van der Waals surface area (Å²) >= 11 is 1.57. The number of thiazole rings is 1. The van der Waals surface area contributed by atoms with Gasteiger partial charge in [-0.25, -0.2) is 4.98 Å². The molecule has 1 aliphatic rings. The Kier molecular flexibility index (Phi) is 6.92. The third-order valence-corrected chi connectivity index (χ3v) is 7.02. The molecule has 1 unspecified atom stereocenters. The Morgan fingerprint density at radius 1 is 1.15 bits per heavy atom. The minimum Gasteiger partial charge on any atom is -0.485 e. The van der Waals surface area contributed by atoms with Gasteiger partial charge in [-0.2, -0.15) is 0 Å². The molecule has 0 amide bonds. The Morgan fingerprint density at radius 2 is 2.03 bits per heavy atom. The summed E-state index contributed by atoms with van der Waals surface area (Å²) in [6, 6.07) is 16.4. The van der Waals surface area contributed by atoms with Gasteiger partial charge in [-0.05, 0) is 75.4 Å². The molecule has 1 atom stereocenters. The molecule has 0 fully saturated rings. The lowest BCUT2D eigenvalue weighted by molar-refractivity contribution is 0.176. The van der Waals surface area contributed by atoms with Gasteiger partial charge in [0, 0.05) is 23.2 Å². The highest BCUT2D eigenvalue weighted by Gasteiger charge is 2.21. The summed E-state index contributed by atoms with van der Waals surface area (Å²) in [5.41, 5.74) is 4.62. The highest BCUT2D eigenvalue weighted by Crippen LogP contribution is 2.38. The first kappa shape index (κ1) is 22.6. The monoisotopic (exact) mass is 475 g/mol. The number of fused-ring (bicyclic) bond motifs is 1. The maximum atomic E-state index is 6.24. The molecular weight excluding hydrogens is 446 g/mol. The maximum absolute atomic E-state index is 6.24. The normalized spacial score (nSPS) is 15.1. The Morgan fingerprint density at radius 3 is 2.85 bits per heavy atom. The molecule has 0 spiro atoms. The van der Waals surface area contributed by atoms with Crippen molar-refractivity contribution in [2.75, 3.05) is 6.54 Å². The van der Waals surface area contributed by atoms with Crippen molar-refractivity contribution in [2.45, 2.75) is 52.2 Å². The van der Waals surface area contributed by atoms with Crippen LogP contribution in [0, 0.1) is 13.8 Å². The number of ether oxygens (including phenoxy) is 2. The van der Waals surface area contributed by atoms with E-state index in [0.29, 0.717) is 5.19 Å². The molecule has 4 aromatic rings. The lowest BCUT2D eigenvalue weighted by Crippen LogP contribution is -2.15. The van der Waals surface area contributed by atoms with Crippen LogP contribution in [0.25, 0.3) is 0 Å². The molecule has 176 valence electrons. The van der Waals surface area contributed by atoms with E-state index in [2.05, 4.69) is 45.8 Å². The first-order valence-corrected chi connectivity index (χ1v) is 12.6. The fourth-order valence-corrected chi connectivity index (χ4v) is 5.06. The lowest BCUT2D eigenvalue weighted by Gasteiger charge is -2.26. The molecule has 6 nitrogen and oxygen atoms in total.